The number of ether oxygens (including phenoxy) is 2. The van der Waals surface area contributed by atoms with Crippen LogP contribution in [0, 0.1) is 6.92 Å². The highest BCUT2D eigenvalue weighted by molar-refractivity contribution is 5.91. The molecule has 1 aromatic heterocycles. The zero-order valence-corrected chi connectivity index (χ0v) is 15.6. The van der Waals surface area contributed by atoms with Crippen molar-refractivity contribution in [3.63, 3.8) is 0 Å². The summed E-state index contributed by atoms with van der Waals surface area (Å²) in [5.74, 6) is -0.339. The van der Waals surface area contributed by atoms with E-state index in [2.05, 4.69) is 0 Å². The smallest absolute Gasteiger partial charge is 0.357 e. The van der Waals surface area contributed by atoms with Gasteiger partial charge in [0.1, 0.15) is 0 Å². The normalized spacial score (nSPS) is 16.7. The van der Waals surface area contributed by atoms with E-state index in [-0.39, 0.29) is 12.2 Å². The van der Waals surface area contributed by atoms with Gasteiger partial charge < -0.3 is 9.47 Å². The quantitative estimate of drug-likeness (QED) is 0.750. The molecule has 1 unspecified atom stereocenters. The highest BCUT2D eigenvalue weighted by Crippen LogP contribution is 2.30. The van der Waals surface area contributed by atoms with Crippen molar-refractivity contribution in [2.24, 2.45) is 0 Å². The van der Waals surface area contributed by atoms with E-state index in [9.17, 15) is 4.79 Å². The van der Waals surface area contributed by atoms with Crippen LogP contribution in [0.5, 0.6) is 0 Å². The summed E-state index contributed by atoms with van der Waals surface area (Å²) < 4.78 is 12.8. The van der Waals surface area contributed by atoms with E-state index in [1.54, 1.807) is 4.68 Å². The van der Waals surface area contributed by atoms with Gasteiger partial charge in [-0.05, 0) is 33.1 Å². The van der Waals surface area contributed by atoms with Crippen LogP contribution in [-0.4, -0.2) is 29.0 Å². The number of esters is 1. The summed E-state index contributed by atoms with van der Waals surface area (Å²) in [7, 11) is 0. The predicted molar refractivity (Wildman–Crippen MR) is 98.5 cm³/mol. The first-order valence-corrected chi connectivity index (χ1v) is 9.15. The third-order valence-electron chi connectivity index (χ3n) is 4.09. The molecular formula is C20H28N2O3. The van der Waals surface area contributed by atoms with Crippen molar-refractivity contribution in [2.75, 3.05) is 13.2 Å². The molecule has 0 N–H and O–H groups in total. The predicted octanol–water partition coefficient (Wildman–Crippen LogP) is 4.76. The van der Waals surface area contributed by atoms with Gasteiger partial charge in [0.25, 0.3) is 0 Å². The van der Waals surface area contributed by atoms with Gasteiger partial charge in [0.05, 0.1) is 12.3 Å². The molecule has 0 saturated carbocycles. The maximum absolute atomic E-state index is 12.4. The molecule has 1 aromatic carbocycles. The Morgan fingerprint density at radius 2 is 2.00 bits per heavy atom. The minimum Gasteiger partial charge on any atom is -0.461 e. The van der Waals surface area contributed by atoms with E-state index in [1.807, 2.05) is 58.0 Å². The van der Waals surface area contributed by atoms with Crippen LogP contribution in [0.3, 0.4) is 0 Å². The van der Waals surface area contributed by atoms with Gasteiger partial charge >= 0.3 is 5.97 Å². The topological polar surface area (TPSA) is 53.3 Å². The molecule has 1 aliphatic rings. The van der Waals surface area contributed by atoms with Crippen LogP contribution in [0.4, 0.5) is 0 Å². The first-order chi connectivity index (χ1) is 12.2. The number of benzene rings is 1. The van der Waals surface area contributed by atoms with Crippen LogP contribution in [0.25, 0.3) is 11.3 Å². The lowest BCUT2D eigenvalue weighted by Crippen LogP contribution is -2.24. The van der Waals surface area contributed by atoms with Crippen LogP contribution < -0.4 is 0 Å². The fraction of sp³-hybridized carbons (Fsp3) is 0.500. The Hall–Kier alpha value is -2.14. The lowest BCUT2D eigenvalue weighted by Gasteiger charge is -2.24. The van der Waals surface area contributed by atoms with E-state index in [0.29, 0.717) is 18.9 Å². The molecule has 136 valence electrons. The number of carbonyl (C=O) groups excluding carboxylic acids is 1. The van der Waals surface area contributed by atoms with Crippen LogP contribution >= 0.6 is 0 Å². The van der Waals surface area contributed by atoms with Crippen LogP contribution in [0.1, 0.15) is 62.3 Å². The highest BCUT2D eigenvalue weighted by Gasteiger charge is 2.28. The molecule has 0 aliphatic carbocycles. The largest absolute Gasteiger partial charge is 0.461 e. The van der Waals surface area contributed by atoms with Crippen molar-refractivity contribution in [2.45, 2.75) is 53.2 Å². The van der Waals surface area contributed by atoms with E-state index in [0.717, 1.165) is 36.1 Å². The molecule has 25 heavy (non-hydrogen) atoms. The second-order valence-corrected chi connectivity index (χ2v) is 5.67. The van der Waals surface area contributed by atoms with Gasteiger partial charge in [0, 0.05) is 17.7 Å². The summed E-state index contributed by atoms with van der Waals surface area (Å²) >= 11 is 0. The third-order valence-corrected chi connectivity index (χ3v) is 4.09. The van der Waals surface area contributed by atoms with Crippen molar-refractivity contribution in [1.82, 2.24) is 9.78 Å². The summed E-state index contributed by atoms with van der Waals surface area (Å²) in [6.45, 7) is 8.77. The Kier molecular flexibility index (Phi) is 7.19. The molecule has 1 saturated heterocycles. The maximum Gasteiger partial charge on any atom is 0.357 e. The lowest BCUT2D eigenvalue weighted by atomic mass is 10.1. The Labute approximate surface area is 149 Å². The van der Waals surface area contributed by atoms with Gasteiger partial charge in [-0.2, -0.15) is 5.10 Å². The summed E-state index contributed by atoms with van der Waals surface area (Å²) in [6, 6.07) is 9.89. The Bertz CT molecular complexity index is 674. The number of carbonyl (C=O) groups is 1. The third kappa shape index (κ3) is 4.28. The van der Waals surface area contributed by atoms with Crippen LogP contribution in [-0.2, 0) is 9.47 Å². The number of nitrogens with zero attached hydrogens (tertiary/aromatic N) is 2. The Morgan fingerprint density at radius 1 is 1.28 bits per heavy atom. The molecule has 0 radical (unpaired) electrons. The molecule has 3 rings (SSSR count). The van der Waals surface area contributed by atoms with E-state index in [4.69, 9.17) is 14.6 Å². The van der Waals surface area contributed by atoms with Crippen molar-refractivity contribution in [3.05, 3.63) is 41.6 Å². The maximum atomic E-state index is 12.4. The highest BCUT2D eigenvalue weighted by atomic mass is 16.5. The molecule has 2 aromatic rings. The fourth-order valence-electron chi connectivity index (χ4n) is 2.96. The number of hydrogen-bond acceptors (Lipinski definition) is 4. The van der Waals surface area contributed by atoms with Gasteiger partial charge in [0.15, 0.2) is 11.9 Å². The molecule has 1 aliphatic heterocycles. The van der Waals surface area contributed by atoms with E-state index >= 15 is 0 Å². The summed E-state index contributed by atoms with van der Waals surface area (Å²) in [5, 5.41) is 4.70. The minimum atomic E-state index is -0.339. The average Bonchev–Trinajstić information content (AvgIpc) is 3.02. The monoisotopic (exact) mass is 344 g/mol. The average molecular weight is 344 g/mol. The van der Waals surface area contributed by atoms with Gasteiger partial charge in [-0.25, -0.2) is 9.48 Å². The first kappa shape index (κ1) is 19.2. The van der Waals surface area contributed by atoms with Crippen molar-refractivity contribution in [1.29, 1.82) is 0 Å². The summed E-state index contributed by atoms with van der Waals surface area (Å²) in [6.07, 6.45) is 2.80. The molecule has 0 bridgehead atoms. The molecule has 2 heterocycles. The molecular weight excluding hydrogens is 316 g/mol. The van der Waals surface area contributed by atoms with E-state index < -0.39 is 0 Å². The fourth-order valence-corrected chi connectivity index (χ4v) is 2.96. The first-order valence-electron chi connectivity index (χ1n) is 9.15. The number of hydrogen-bond donors (Lipinski definition) is 0. The van der Waals surface area contributed by atoms with Crippen LogP contribution in [0.2, 0.25) is 0 Å². The summed E-state index contributed by atoms with van der Waals surface area (Å²) in [4.78, 5) is 12.4. The number of aromatic nitrogens is 2. The Balaban J connectivity index is 0.00000109. The van der Waals surface area contributed by atoms with Gasteiger partial charge in [-0.1, -0.05) is 44.2 Å². The second kappa shape index (κ2) is 9.37. The molecule has 0 amide bonds. The minimum absolute atomic E-state index is 0.195. The molecule has 1 atom stereocenters. The standard InChI is InChI=1S/C18H22N2O3.C2H6/c1-3-22-18(21)17-13(2)16(14-9-5-4-6-10-14)19-20(17)15-11-7-8-12-23-15;1-2/h4-6,9-10,15H,3,7-8,11-12H2,1-2H3;1-2H3. The second-order valence-electron chi connectivity index (χ2n) is 5.67. The molecule has 0 spiro atoms. The van der Waals surface area contributed by atoms with Gasteiger partial charge in [-0.15, -0.1) is 0 Å². The lowest BCUT2D eigenvalue weighted by molar-refractivity contribution is -0.0416. The molecule has 5 nitrogen and oxygen atoms in total. The van der Waals surface area contributed by atoms with Crippen LogP contribution in [0.15, 0.2) is 30.3 Å². The zero-order chi connectivity index (χ0) is 18.2. The van der Waals surface area contributed by atoms with Crippen molar-refractivity contribution >= 4 is 5.97 Å². The molecule has 1 fully saturated rings. The SMILES string of the molecule is CC.CCOC(=O)c1c(C)c(-c2ccccc2)nn1C1CCCCO1. The van der Waals surface area contributed by atoms with Gasteiger partial charge in [-0.3, -0.25) is 0 Å². The van der Waals surface area contributed by atoms with Crippen molar-refractivity contribution in [3.8, 4) is 11.3 Å². The zero-order valence-electron chi connectivity index (χ0n) is 15.6. The Morgan fingerprint density at radius 3 is 2.60 bits per heavy atom. The van der Waals surface area contributed by atoms with E-state index in [1.165, 1.54) is 0 Å². The van der Waals surface area contributed by atoms with Crippen molar-refractivity contribution < 1.29 is 14.3 Å². The van der Waals surface area contributed by atoms with Gasteiger partial charge in [0.2, 0.25) is 0 Å². The molecule has 5 heteroatoms. The number of rotatable bonds is 4. The summed E-state index contributed by atoms with van der Waals surface area (Å²) in [5.41, 5.74) is 3.13.